The Labute approximate surface area is 225 Å². The van der Waals surface area contributed by atoms with E-state index in [1.807, 2.05) is 0 Å². The number of nitrogens with two attached hydrogens (primary N) is 2. The number of Topliss-reactive ketones (excluding diaryl/α,β-unsaturated/α-hetero) is 3. The Balaban J connectivity index is 1.74. The van der Waals surface area contributed by atoms with Crippen molar-refractivity contribution in [3.63, 3.8) is 0 Å². The molecule has 0 aliphatic heterocycles. The lowest BCUT2D eigenvalue weighted by molar-refractivity contribution is -0.164. The van der Waals surface area contributed by atoms with Gasteiger partial charge in [0.05, 0.1) is 12.1 Å². The highest BCUT2D eigenvalue weighted by Crippen LogP contribution is 2.53. The van der Waals surface area contributed by atoms with Gasteiger partial charge in [-0.1, -0.05) is 44.7 Å². The molecular weight excluding hydrogens is 506 g/mol. The number of aliphatic hydroxyl groups is 3. The summed E-state index contributed by atoms with van der Waals surface area (Å²) < 4.78 is 0. The lowest BCUT2D eigenvalue weighted by atomic mass is 9.52. The number of aromatic hydroxyl groups is 1. The van der Waals surface area contributed by atoms with Crippen molar-refractivity contribution in [1.29, 1.82) is 0 Å². The van der Waals surface area contributed by atoms with E-state index in [0.717, 1.165) is 32.1 Å². The summed E-state index contributed by atoms with van der Waals surface area (Å²) in [6.45, 7) is 2.21. The Kier molecular flexibility index (Phi) is 7.70. The van der Waals surface area contributed by atoms with Crippen molar-refractivity contribution < 1.29 is 39.6 Å². The molecule has 210 valence electrons. The van der Waals surface area contributed by atoms with Crippen molar-refractivity contribution in [2.45, 2.75) is 63.0 Å². The predicted octanol–water partition coefficient (Wildman–Crippen LogP) is 0.860. The standard InChI is InChI=1S/C28H35N3O8/c1-2-3-4-5-6-10-31-13-18(33)27(30)17-12-15-11-14-8-7-9-16(32)19(14)22(34)20(15)24(36)28(17,39)25(37)21(23(27)35)26(29)38/h7-9,15,17,31-32,34-35,39H,2-6,10-13,30H2,1H3,(H2,29,38). The van der Waals surface area contributed by atoms with Gasteiger partial charge in [0.25, 0.3) is 5.91 Å². The number of fused-ring (bicyclic) bond motifs is 3. The van der Waals surface area contributed by atoms with Gasteiger partial charge in [0, 0.05) is 11.5 Å². The summed E-state index contributed by atoms with van der Waals surface area (Å²) in [5.41, 5.74) is 5.36. The van der Waals surface area contributed by atoms with Crippen LogP contribution in [0.25, 0.3) is 5.76 Å². The maximum absolute atomic E-state index is 13.8. The molecule has 4 rings (SSSR count). The molecule has 0 heterocycles. The number of rotatable bonds is 10. The first-order chi connectivity index (χ1) is 18.4. The molecule has 0 bridgehead atoms. The second-order valence-corrected chi connectivity index (χ2v) is 10.7. The first-order valence-electron chi connectivity index (χ1n) is 13.2. The van der Waals surface area contributed by atoms with E-state index in [1.165, 1.54) is 6.07 Å². The second-order valence-electron chi connectivity index (χ2n) is 10.7. The van der Waals surface area contributed by atoms with Crippen LogP contribution in [0.3, 0.4) is 0 Å². The van der Waals surface area contributed by atoms with Gasteiger partial charge >= 0.3 is 0 Å². The summed E-state index contributed by atoms with van der Waals surface area (Å²) in [4.78, 5) is 53.0. The van der Waals surface area contributed by atoms with Crippen LogP contribution in [-0.2, 0) is 25.6 Å². The monoisotopic (exact) mass is 541 g/mol. The molecule has 0 aromatic heterocycles. The molecule has 1 amide bonds. The Hall–Kier alpha value is -3.54. The summed E-state index contributed by atoms with van der Waals surface area (Å²) in [7, 11) is 0. The normalized spacial score (nSPS) is 28.2. The minimum absolute atomic E-state index is 0.00542. The van der Waals surface area contributed by atoms with Gasteiger partial charge in [-0.2, -0.15) is 0 Å². The molecule has 1 aromatic carbocycles. The van der Waals surface area contributed by atoms with Gasteiger partial charge in [0.15, 0.2) is 11.4 Å². The van der Waals surface area contributed by atoms with Crippen LogP contribution in [0, 0.1) is 11.8 Å². The number of phenols is 1. The zero-order chi connectivity index (χ0) is 28.7. The molecule has 3 aliphatic rings. The first-order valence-corrected chi connectivity index (χ1v) is 13.2. The van der Waals surface area contributed by atoms with Gasteiger partial charge in [-0.3, -0.25) is 19.2 Å². The zero-order valence-electron chi connectivity index (χ0n) is 21.8. The van der Waals surface area contributed by atoms with Gasteiger partial charge in [0.1, 0.15) is 28.4 Å². The van der Waals surface area contributed by atoms with Gasteiger partial charge in [-0.05, 0) is 43.4 Å². The number of primary amides is 1. The summed E-state index contributed by atoms with van der Waals surface area (Å²) in [6, 6.07) is 4.53. The number of carbonyl (C=O) groups is 4. The average molecular weight is 542 g/mol. The number of amides is 1. The Morgan fingerprint density at radius 1 is 1.08 bits per heavy atom. The first kappa shape index (κ1) is 28.5. The van der Waals surface area contributed by atoms with E-state index in [4.69, 9.17) is 11.5 Å². The van der Waals surface area contributed by atoms with Gasteiger partial charge < -0.3 is 37.2 Å². The SMILES string of the molecule is CCCCCCCNCC(=O)C1(N)C(O)=C(C(N)=O)C(=O)C2(O)C(=O)C3=C(O)c4c(O)cccc4CC3CC12. The molecule has 1 fully saturated rings. The van der Waals surface area contributed by atoms with E-state index in [-0.39, 0.29) is 36.3 Å². The highest BCUT2D eigenvalue weighted by Gasteiger charge is 2.70. The molecule has 39 heavy (non-hydrogen) atoms. The van der Waals surface area contributed by atoms with E-state index in [0.29, 0.717) is 12.1 Å². The fourth-order valence-electron chi connectivity index (χ4n) is 6.24. The van der Waals surface area contributed by atoms with Crippen molar-refractivity contribution in [2.24, 2.45) is 23.3 Å². The lowest BCUT2D eigenvalue weighted by Crippen LogP contribution is -2.74. The number of carbonyl (C=O) groups excluding carboxylic acids is 4. The van der Waals surface area contributed by atoms with Gasteiger partial charge in [0.2, 0.25) is 11.6 Å². The third kappa shape index (κ3) is 4.34. The fraction of sp³-hybridized carbons (Fsp3) is 0.500. The van der Waals surface area contributed by atoms with Crippen LogP contribution in [0.4, 0.5) is 0 Å². The molecule has 11 nitrogen and oxygen atoms in total. The summed E-state index contributed by atoms with van der Waals surface area (Å²) in [5.74, 6) is -9.46. The molecule has 3 aliphatic carbocycles. The molecule has 1 saturated carbocycles. The molecule has 0 saturated heterocycles. The van der Waals surface area contributed by atoms with Crippen molar-refractivity contribution in [3.05, 3.63) is 46.2 Å². The van der Waals surface area contributed by atoms with Crippen LogP contribution < -0.4 is 16.8 Å². The zero-order valence-corrected chi connectivity index (χ0v) is 21.8. The average Bonchev–Trinajstić information content (AvgIpc) is 2.88. The lowest BCUT2D eigenvalue weighted by Gasteiger charge is -2.52. The van der Waals surface area contributed by atoms with Crippen LogP contribution in [0.2, 0.25) is 0 Å². The van der Waals surface area contributed by atoms with Crippen LogP contribution in [0.1, 0.15) is 56.6 Å². The Bertz CT molecular complexity index is 1300. The van der Waals surface area contributed by atoms with Crippen LogP contribution in [0.5, 0.6) is 5.75 Å². The molecule has 9 N–H and O–H groups in total. The summed E-state index contributed by atoms with van der Waals surface area (Å²) in [6.07, 6.45) is 4.83. The highest BCUT2D eigenvalue weighted by atomic mass is 16.3. The van der Waals surface area contributed by atoms with Crippen molar-refractivity contribution in [1.82, 2.24) is 5.32 Å². The molecule has 4 atom stereocenters. The van der Waals surface area contributed by atoms with E-state index >= 15 is 0 Å². The van der Waals surface area contributed by atoms with E-state index in [2.05, 4.69) is 12.2 Å². The minimum atomic E-state index is -3.05. The maximum Gasteiger partial charge on any atom is 0.255 e. The Morgan fingerprint density at radius 3 is 2.44 bits per heavy atom. The van der Waals surface area contributed by atoms with Crippen molar-refractivity contribution in [3.8, 4) is 5.75 Å². The van der Waals surface area contributed by atoms with E-state index < -0.39 is 63.3 Å². The fourth-order valence-corrected chi connectivity index (χ4v) is 6.24. The number of benzene rings is 1. The van der Waals surface area contributed by atoms with Crippen molar-refractivity contribution in [2.75, 3.05) is 13.1 Å². The summed E-state index contributed by atoms with van der Waals surface area (Å²) >= 11 is 0. The number of nitrogens with one attached hydrogen (secondary N) is 1. The van der Waals surface area contributed by atoms with Crippen LogP contribution in [0.15, 0.2) is 35.1 Å². The van der Waals surface area contributed by atoms with Crippen molar-refractivity contribution >= 4 is 29.0 Å². The molecular formula is C28H35N3O8. The number of phenolic OH excluding ortho intramolecular Hbond substituents is 1. The third-order valence-corrected chi connectivity index (χ3v) is 8.31. The van der Waals surface area contributed by atoms with Crippen LogP contribution >= 0.6 is 0 Å². The number of unbranched alkanes of at least 4 members (excludes halogenated alkanes) is 4. The Morgan fingerprint density at radius 2 is 1.77 bits per heavy atom. The highest BCUT2D eigenvalue weighted by molar-refractivity contribution is 6.34. The molecule has 11 heteroatoms. The number of hydrogen-bond donors (Lipinski definition) is 7. The number of hydrogen-bond acceptors (Lipinski definition) is 10. The third-order valence-electron chi connectivity index (χ3n) is 8.31. The molecule has 0 radical (unpaired) electrons. The quantitative estimate of drug-likeness (QED) is 0.126. The van der Waals surface area contributed by atoms with Gasteiger partial charge in [-0.15, -0.1) is 0 Å². The smallest absolute Gasteiger partial charge is 0.255 e. The topological polar surface area (TPSA) is 213 Å². The molecule has 1 aromatic rings. The number of aliphatic hydroxyl groups excluding tert-OH is 2. The van der Waals surface area contributed by atoms with E-state index in [1.54, 1.807) is 12.1 Å². The molecule has 4 unspecified atom stereocenters. The maximum atomic E-state index is 13.8. The minimum Gasteiger partial charge on any atom is -0.509 e. The summed E-state index contributed by atoms with van der Waals surface area (Å²) in [5, 5.41) is 47.0. The van der Waals surface area contributed by atoms with E-state index in [9.17, 15) is 39.6 Å². The van der Waals surface area contributed by atoms with Gasteiger partial charge in [-0.25, -0.2) is 0 Å². The second kappa shape index (κ2) is 10.6. The molecule has 0 spiro atoms. The largest absolute Gasteiger partial charge is 0.509 e. The van der Waals surface area contributed by atoms with Crippen LogP contribution in [-0.4, -0.2) is 67.9 Å². The predicted molar refractivity (Wildman–Crippen MR) is 140 cm³/mol. The number of ketones is 3.